The van der Waals surface area contributed by atoms with Gasteiger partial charge >= 0.3 is 0 Å². The highest BCUT2D eigenvalue weighted by molar-refractivity contribution is 7.80. The first-order valence-electron chi connectivity index (χ1n) is 12.1. The van der Waals surface area contributed by atoms with Crippen molar-refractivity contribution in [2.45, 2.75) is 31.8 Å². The second kappa shape index (κ2) is 10.7. The van der Waals surface area contributed by atoms with Crippen LogP contribution in [0.5, 0.6) is 0 Å². The van der Waals surface area contributed by atoms with Crippen LogP contribution in [0.25, 0.3) is 11.3 Å². The average Bonchev–Trinajstić information content (AvgIpc) is 3.53. The van der Waals surface area contributed by atoms with Gasteiger partial charge in [0.15, 0.2) is 5.11 Å². The molecule has 1 fully saturated rings. The van der Waals surface area contributed by atoms with E-state index in [1.807, 2.05) is 89.8 Å². The molecule has 2 aromatic heterocycles. The Morgan fingerprint density at radius 3 is 2.58 bits per heavy atom. The zero-order chi connectivity index (χ0) is 24.9. The number of anilines is 1. The Bertz CT molecular complexity index is 1340. The SMILES string of the molecule is CCc1ccccc1NC(=O)CCN1C(=S)N[C@@H](c2ccccn2)[C@H]1c1ccc(-c2ccccc2)o1. The maximum absolute atomic E-state index is 12.9. The molecule has 1 amide bonds. The largest absolute Gasteiger partial charge is 0.459 e. The Labute approximate surface area is 216 Å². The number of para-hydroxylation sites is 1. The summed E-state index contributed by atoms with van der Waals surface area (Å²) in [4.78, 5) is 19.5. The van der Waals surface area contributed by atoms with Crippen molar-refractivity contribution in [2.75, 3.05) is 11.9 Å². The first-order chi connectivity index (χ1) is 17.6. The molecule has 0 radical (unpaired) electrons. The van der Waals surface area contributed by atoms with Crippen LogP contribution < -0.4 is 10.6 Å². The number of furan rings is 1. The van der Waals surface area contributed by atoms with Gasteiger partial charge in [-0.2, -0.15) is 0 Å². The molecule has 2 atom stereocenters. The molecular formula is C29H28N4O2S. The van der Waals surface area contributed by atoms with E-state index in [1.54, 1.807) is 6.20 Å². The van der Waals surface area contributed by atoms with Crippen LogP contribution in [0.15, 0.2) is 95.5 Å². The predicted octanol–water partition coefficient (Wildman–Crippen LogP) is 5.91. The summed E-state index contributed by atoms with van der Waals surface area (Å²) in [6.45, 7) is 2.52. The number of rotatable bonds is 8. The van der Waals surface area contributed by atoms with E-state index >= 15 is 0 Å². The number of pyridine rings is 1. The van der Waals surface area contributed by atoms with Crippen LogP contribution in [0.3, 0.4) is 0 Å². The van der Waals surface area contributed by atoms with Crippen LogP contribution in [0.1, 0.15) is 42.4 Å². The Hall–Kier alpha value is -3.97. The molecule has 4 aromatic rings. The van der Waals surface area contributed by atoms with Crippen LogP contribution in [0, 0.1) is 0 Å². The Kier molecular flexibility index (Phi) is 7.09. The zero-order valence-corrected chi connectivity index (χ0v) is 20.9. The normalized spacial score (nSPS) is 17.1. The van der Waals surface area contributed by atoms with Crippen molar-refractivity contribution in [1.29, 1.82) is 0 Å². The van der Waals surface area contributed by atoms with E-state index in [4.69, 9.17) is 16.6 Å². The smallest absolute Gasteiger partial charge is 0.226 e. The van der Waals surface area contributed by atoms with Gasteiger partial charge in [-0.15, -0.1) is 0 Å². The minimum absolute atomic E-state index is 0.0526. The van der Waals surface area contributed by atoms with E-state index < -0.39 is 0 Å². The molecule has 1 aliphatic heterocycles. The molecule has 0 unspecified atom stereocenters. The lowest BCUT2D eigenvalue weighted by Crippen LogP contribution is -2.32. The third kappa shape index (κ3) is 5.02. The Balaban J connectivity index is 1.39. The maximum Gasteiger partial charge on any atom is 0.226 e. The zero-order valence-electron chi connectivity index (χ0n) is 20.1. The number of aromatic nitrogens is 1. The van der Waals surface area contributed by atoms with Crippen molar-refractivity contribution >= 4 is 28.9 Å². The molecule has 6 nitrogen and oxygen atoms in total. The molecule has 0 bridgehead atoms. The molecule has 0 aliphatic carbocycles. The monoisotopic (exact) mass is 496 g/mol. The summed E-state index contributed by atoms with van der Waals surface area (Å²) in [6, 6.07) is 27.3. The van der Waals surface area contributed by atoms with Gasteiger partial charge in [0.1, 0.15) is 17.6 Å². The van der Waals surface area contributed by atoms with Crippen molar-refractivity contribution in [1.82, 2.24) is 15.2 Å². The van der Waals surface area contributed by atoms with Crippen LogP contribution >= 0.6 is 12.2 Å². The molecule has 0 spiro atoms. The fourth-order valence-corrected chi connectivity index (χ4v) is 4.94. The summed E-state index contributed by atoms with van der Waals surface area (Å²) < 4.78 is 6.35. The first kappa shape index (κ1) is 23.8. The molecule has 1 aliphatic rings. The highest BCUT2D eigenvalue weighted by Gasteiger charge is 2.41. The molecule has 36 heavy (non-hydrogen) atoms. The fourth-order valence-electron chi connectivity index (χ4n) is 4.61. The number of aryl methyl sites for hydroxylation is 1. The molecular weight excluding hydrogens is 468 g/mol. The number of carbonyl (C=O) groups is 1. The lowest BCUT2D eigenvalue weighted by atomic mass is 10.0. The van der Waals surface area contributed by atoms with Gasteiger partial charge in [0.25, 0.3) is 0 Å². The molecule has 0 saturated carbocycles. The summed E-state index contributed by atoms with van der Waals surface area (Å²) in [6.07, 6.45) is 2.92. The third-order valence-corrected chi connectivity index (χ3v) is 6.78. The van der Waals surface area contributed by atoms with Crippen LogP contribution in [-0.2, 0) is 11.2 Å². The lowest BCUT2D eigenvalue weighted by Gasteiger charge is -2.26. The molecule has 1 saturated heterocycles. The molecule has 7 heteroatoms. The molecule has 3 heterocycles. The lowest BCUT2D eigenvalue weighted by molar-refractivity contribution is -0.116. The number of carbonyl (C=O) groups excluding carboxylic acids is 1. The van der Waals surface area contributed by atoms with Gasteiger partial charge in [0.05, 0.1) is 11.7 Å². The minimum atomic E-state index is -0.236. The van der Waals surface area contributed by atoms with E-state index in [0.29, 0.717) is 11.7 Å². The minimum Gasteiger partial charge on any atom is -0.459 e. The van der Waals surface area contributed by atoms with Gasteiger partial charge in [0, 0.05) is 30.4 Å². The van der Waals surface area contributed by atoms with Crippen molar-refractivity contribution in [3.8, 4) is 11.3 Å². The summed E-state index contributed by atoms with van der Waals surface area (Å²) >= 11 is 5.73. The van der Waals surface area contributed by atoms with E-state index in [0.717, 1.165) is 40.4 Å². The second-order valence-electron chi connectivity index (χ2n) is 8.70. The number of nitrogens with one attached hydrogen (secondary N) is 2. The van der Waals surface area contributed by atoms with Crippen LogP contribution in [-0.4, -0.2) is 27.4 Å². The number of nitrogens with zero attached hydrogens (tertiary/aromatic N) is 2. The first-order valence-corrected chi connectivity index (χ1v) is 12.6. The average molecular weight is 497 g/mol. The van der Waals surface area contributed by atoms with Crippen molar-refractivity contribution in [3.05, 3.63) is 108 Å². The fraction of sp³-hybridized carbons (Fsp3) is 0.207. The Morgan fingerprint density at radius 2 is 1.81 bits per heavy atom. The van der Waals surface area contributed by atoms with Crippen LogP contribution in [0.2, 0.25) is 0 Å². The summed E-state index contributed by atoms with van der Waals surface area (Å²) in [5.74, 6) is 1.51. The van der Waals surface area contributed by atoms with E-state index in [1.165, 1.54) is 0 Å². The van der Waals surface area contributed by atoms with Crippen molar-refractivity contribution in [3.63, 3.8) is 0 Å². The predicted molar refractivity (Wildman–Crippen MR) is 145 cm³/mol. The van der Waals surface area contributed by atoms with Crippen LogP contribution in [0.4, 0.5) is 5.69 Å². The summed E-state index contributed by atoms with van der Waals surface area (Å²) in [5.41, 5.74) is 3.84. The van der Waals surface area contributed by atoms with Gasteiger partial charge < -0.3 is 20.0 Å². The number of benzene rings is 2. The molecule has 2 N–H and O–H groups in total. The van der Waals surface area contributed by atoms with Crippen molar-refractivity contribution in [2.24, 2.45) is 0 Å². The second-order valence-corrected chi connectivity index (χ2v) is 9.08. The highest BCUT2D eigenvalue weighted by atomic mass is 32.1. The maximum atomic E-state index is 12.9. The van der Waals surface area contributed by atoms with Gasteiger partial charge in [-0.1, -0.05) is 61.5 Å². The van der Waals surface area contributed by atoms with Gasteiger partial charge in [-0.25, -0.2) is 0 Å². The standard InChI is InChI=1S/C29H28N4O2S/c1-2-20-10-6-7-13-22(20)31-26(34)17-19-33-28(27(32-29(33)36)23-14-8-9-18-30-23)25-16-15-24(35-25)21-11-4-3-5-12-21/h3-16,18,27-28H,2,17,19H2,1H3,(H,31,34)(H,32,36)/t27-,28+/m0/s1. The Morgan fingerprint density at radius 1 is 1.03 bits per heavy atom. The summed E-state index contributed by atoms with van der Waals surface area (Å²) in [5, 5.41) is 7.05. The quantitative estimate of drug-likeness (QED) is 0.296. The van der Waals surface area contributed by atoms with Gasteiger partial charge in [-0.3, -0.25) is 9.78 Å². The van der Waals surface area contributed by atoms with E-state index in [9.17, 15) is 4.79 Å². The topological polar surface area (TPSA) is 70.4 Å². The number of amides is 1. The number of hydrogen-bond acceptors (Lipinski definition) is 4. The van der Waals surface area contributed by atoms with E-state index in [2.05, 4.69) is 22.5 Å². The van der Waals surface area contributed by atoms with Crippen molar-refractivity contribution < 1.29 is 9.21 Å². The van der Waals surface area contributed by atoms with Gasteiger partial charge in [-0.05, 0) is 54.5 Å². The third-order valence-electron chi connectivity index (χ3n) is 6.43. The highest BCUT2D eigenvalue weighted by Crippen LogP contribution is 2.40. The number of hydrogen-bond donors (Lipinski definition) is 2. The molecule has 5 rings (SSSR count). The number of thiocarbonyl (C=S) groups is 1. The van der Waals surface area contributed by atoms with E-state index in [-0.39, 0.29) is 24.4 Å². The molecule has 2 aromatic carbocycles. The van der Waals surface area contributed by atoms with Gasteiger partial charge in [0.2, 0.25) is 5.91 Å². The summed E-state index contributed by atoms with van der Waals surface area (Å²) in [7, 11) is 0. The molecule has 182 valence electrons.